The van der Waals surface area contributed by atoms with Gasteiger partial charge in [0.15, 0.2) is 0 Å². The average molecular weight is 394 g/mol. The summed E-state index contributed by atoms with van der Waals surface area (Å²) in [6, 6.07) is 6.03. The van der Waals surface area contributed by atoms with E-state index in [2.05, 4.69) is 0 Å². The minimum atomic E-state index is -3.73. The molecule has 1 aromatic rings. The zero-order valence-electron chi connectivity index (χ0n) is 14.9. The fourth-order valence-electron chi connectivity index (χ4n) is 3.20. The van der Waals surface area contributed by atoms with Crippen LogP contribution >= 0.6 is 0 Å². The summed E-state index contributed by atoms with van der Waals surface area (Å²) in [5.41, 5.74) is 0.308. The van der Waals surface area contributed by atoms with E-state index in [1.807, 2.05) is 0 Å². The molecule has 0 unspecified atom stereocenters. The fourth-order valence-corrected chi connectivity index (χ4v) is 4.67. The lowest BCUT2D eigenvalue weighted by Crippen LogP contribution is -2.48. The Labute approximate surface area is 158 Å². The molecule has 27 heavy (non-hydrogen) atoms. The third-order valence-electron chi connectivity index (χ3n) is 4.89. The van der Waals surface area contributed by atoms with Gasteiger partial charge in [-0.2, -0.15) is 4.31 Å². The summed E-state index contributed by atoms with van der Waals surface area (Å²) in [7, 11) is -3.73. The number of sulfonamides is 1. The van der Waals surface area contributed by atoms with Crippen LogP contribution in [0.5, 0.6) is 0 Å². The molecule has 3 amide bonds. The van der Waals surface area contributed by atoms with Gasteiger partial charge in [-0.1, -0.05) is 6.07 Å². The molecule has 0 bridgehead atoms. The first-order chi connectivity index (χ1) is 13.0. The van der Waals surface area contributed by atoms with Crippen molar-refractivity contribution in [1.82, 2.24) is 19.0 Å². The molecule has 9 nitrogen and oxygen atoms in total. The van der Waals surface area contributed by atoms with Crippen molar-refractivity contribution in [2.75, 3.05) is 52.4 Å². The van der Waals surface area contributed by atoms with Crippen molar-refractivity contribution in [3.63, 3.8) is 0 Å². The van der Waals surface area contributed by atoms with Gasteiger partial charge in [0, 0.05) is 57.9 Å². The van der Waals surface area contributed by atoms with Crippen molar-refractivity contribution in [3.05, 3.63) is 29.8 Å². The van der Waals surface area contributed by atoms with Gasteiger partial charge in [-0.05, 0) is 18.2 Å². The van der Waals surface area contributed by atoms with Gasteiger partial charge in [0.2, 0.25) is 22.8 Å². The second-order valence-corrected chi connectivity index (χ2v) is 8.44. The molecular weight excluding hydrogens is 372 g/mol. The van der Waals surface area contributed by atoms with E-state index in [-0.39, 0.29) is 23.9 Å². The molecule has 2 saturated heterocycles. The van der Waals surface area contributed by atoms with Gasteiger partial charge in [0.1, 0.15) is 0 Å². The molecule has 0 saturated carbocycles. The van der Waals surface area contributed by atoms with Crippen LogP contribution in [-0.4, -0.2) is 98.5 Å². The summed E-state index contributed by atoms with van der Waals surface area (Å²) in [6.45, 7) is 2.93. The minimum Gasteiger partial charge on any atom is -0.343 e. The second-order valence-electron chi connectivity index (χ2n) is 6.51. The Morgan fingerprint density at radius 3 is 1.96 bits per heavy atom. The van der Waals surface area contributed by atoms with Gasteiger partial charge in [0.05, 0.1) is 4.90 Å². The summed E-state index contributed by atoms with van der Waals surface area (Å²) in [4.78, 5) is 39.1. The van der Waals surface area contributed by atoms with Gasteiger partial charge in [-0.15, -0.1) is 0 Å². The standard InChI is InChI=1S/C17H22N4O5S/c22-13-18-4-8-20(9-5-18)17(24)15-2-1-3-16(12-15)27(25,26)21-10-6-19(14-23)7-11-21/h1-3,12-14H,4-11H2. The quantitative estimate of drug-likeness (QED) is 0.601. The molecule has 0 N–H and O–H groups in total. The van der Waals surface area contributed by atoms with E-state index in [0.717, 1.165) is 6.41 Å². The Bertz CT molecular complexity index is 812. The predicted molar refractivity (Wildman–Crippen MR) is 96.4 cm³/mol. The lowest BCUT2D eigenvalue weighted by molar-refractivity contribution is -0.120. The van der Waals surface area contributed by atoms with Crippen LogP contribution in [0.4, 0.5) is 0 Å². The zero-order chi connectivity index (χ0) is 19.4. The third kappa shape index (κ3) is 4.11. The van der Waals surface area contributed by atoms with Crippen LogP contribution in [0.1, 0.15) is 10.4 Å². The topological polar surface area (TPSA) is 98.3 Å². The van der Waals surface area contributed by atoms with Gasteiger partial charge >= 0.3 is 0 Å². The highest BCUT2D eigenvalue weighted by Crippen LogP contribution is 2.20. The molecule has 0 spiro atoms. The second kappa shape index (κ2) is 8.05. The Kier molecular flexibility index (Phi) is 5.76. The molecule has 2 fully saturated rings. The van der Waals surface area contributed by atoms with Crippen molar-refractivity contribution in [3.8, 4) is 0 Å². The number of carbonyl (C=O) groups excluding carboxylic acids is 3. The van der Waals surface area contributed by atoms with Crippen molar-refractivity contribution in [1.29, 1.82) is 0 Å². The van der Waals surface area contributed by atoms with E-state index in [0.29, 0.717) is 51.2 Å². The van der Waals surface area contributed by atoms with Gasteiger partial charge in [-0.3, -0.25) is 14.4 Å². The Morgan fingerprint density at radius 2 is 1.41 bits per heavy atom. The van der Waals surface area contributed by atoms with Gasteiger partial charge in [-0.25, -0.2) is 8.42 Å². The smallest absolute Gasteiger partial charge is 0.254 e. The van der Waals surface area contributed by atoms with Crippen LogP contribution in [0.3, 0.4) is 0 Å². The SMILES string of the molecule is O=CN1CCN(C(=O)c2cccc(S(=O)(=O)N3CCN(C=O)CC3)c2)CC1. The first-order valence-electron chi connectivity index (χ1n) is 8.74. The maximum absolute atomic E-state index is 12.9. The van der Waals surface area contributed by atoms with Crippen LogP contribution < -0.4 is 0 Å². The summed E-state index contributed by atoms with van der Waals surface area (Å²) < 4.78 is 27.1. The number of hydrogen-bond acceptors (Lipinski definition) is 5. The molecule has 3 rings (SSSR count). The summed E-state index contributed by atoms with van der Waals surface area (Å²) >= 11 is 0. The third-order valence-corrected chi connectivity index (χ3v) is 6.79. The highest BCUT2D eigenvalue weighted by molar-refractivity contribution is 7.89. The Hall–Kier alpha value is -2.46. The van der Waals surface area contributed by atoms with Crippen molar-refractivity contribution < 1.29 is 22.8 Å². The lowest BCUT2D eigenvalue weighted by Gasteiger charge is -2.33. The van der Waals surface area contributed by atoms with Crippen molar-refractivity contribution in [2.24, 2.45) is 0 Å². The average Bonchev–Trinajstić information content (AvgIpc) is 2.73. The molecule has 0 radical (unpaired) electrons. The van der Waals surface area contributed by atoms with Crippen LogP contribution in [0.15, 0.2) is 29.2 Å². The monoisotopic (exact) mass is 394 g/mol. The molecule has 10 heteroatoms. The molecule has 1 aromatic carbocycles. The summed E-state index contributed by atoms with van der Waals surface area (Å²) in [6.07, 6.45) is 1.48. The molecule has 0 aromatic heterocycles. The van der Waals surface area contributed by atoms with E-state index >= 15 is 0 Å². The normalized spacial score (nSPS) is 19.0. The molecule has 0 atom stereocenters. The van der Waals surface area contributed by atoms with E-state index in [9.17, 15) is 22.8 Å². The zero-order valence-corrected chi connectivity index (χ0v) is 15.7. The van der Waals surface area contributed by atoms with Crippen molar-refractivity contribution >= 4 is 28.8 Å². The highest BCUT2D eigenvalue weighted by Gasteiger charge is 2.29. The number of benzene rings is 1. The van der Waals surface area contributed by atoms with E-state index in [4.69, 9.17) is 0 Å². The molecule has 2 heterocycles. The Balaban J connectivity index is 1.74. The maximum atomic E-state index is 12.9. The van der Waals surface area contributed by atoms with E-state index in [1.165, 1.54) is 21.3 Å². The fraction of sp³-hybridized carbons (Fsp3) is 0.471. The number of hydrogen-bond donors (Lipinski definition) is 0. The number of nitrogens with zero attached hydrogens (tertiary/aromatic N) is 4. The number of rotatable bonds is 5. The van der Waals surface area contributed by atoms with Crippen LogP contribution in [0.25, 0.3) is 0 Å². The molecule has 146 valence electrons. The van der Waals surface area contributed by atoms with Crippen LogP contribution in [0.2, 0.25) is 0 Å². The summed E-state index contributed by atoms with van der Waals surface area (Å²) in [5, 5.41) is 0. The van der Waals surface area contributed by atoms with Gasteiger partial charge < -0.3 is 14.7 Å². The predicted octanol–water partition coefficient (Wildman–Crippen LogP) is -0.936. The number of carbonyl (C=O) groups is 3. The molecule has 2 aliphatic rings. The Morgan fingerprint density at radius 1 is 0.852 bits per heavy atom. The maximum Gasteiger partial charge on any atom is 0.254 e. The van der Waals surface area contributed by atoms with E-state index < -0.39 is 10.0 Å². The largest absolute Gasteiger partial charge is 0.343 e. The van der Waals surface area contributed by atoms with Crippen LogP contribution in [-0.2, 0) is 19.6 Å². The number of piperazine rings is 2. The van der Waals surface area contributed by atoms with Crippen LogP contribution in [0, 0.1) is 0 Å². The first kappa shape index (κ1) is 19.3. The van der Waals surface area contributed by atoms with Crippen molar-refractivity contribution in [2.45, 2.75) is 4.90 Å². The first-order valence-corrected chi connectivity index (χ1v) is 10.2. The number of amides is 3. The molecule has 0 aliphatic carbocycles. The summed E-state index contributed by atoms with van der Waals surface area (Å²) in [5.74, 6) is -0.247. The molecular formula is C17H22N4O5S. The minimum absolute atomic E-state index is 0.0689. The van der Waals surface area contributed by atoms with Gasteiger partial charge in [0.25, 0.3) is 5.91 Å². The highest BCUT2D eigenvalue weighted by atomic mass is 32.2. The molecule has 2 aliphatic heterocycles. The van der Waals surface area contributed by atoms with E-state index in [1.54, 1.807) is 21.9 Å². The lowest BCUT2D eigenvalue weighted by atomic mass is 10.2.